The fraction of sp³-hybridized carbons (Fsp3) is 0.500. The number of carbonyl (C=O) groups excluding carboxylic acids is 1. The van der Waals surface area contributed by atoms with Crippen LogP contribution in [0.4, 0.5) is 14.9 Å². The zero-order chi connectivity index (χ0) is 15.0. The molecule has 1 aliphatic rings. The van der Waals surface area contributed by atoms with Crippen LogP contribution in [0.2, 0.25) is 0 Å². The number of halogens is 1. The molecule has 2 rings (SSSR count). The first-order valence-corrected chi connectivity index (χ1v) is 6.43. The SMILES string of the molecule is CC(C)(C)OC(=O)Nc1ccc(C2(O)CNC2)c(F)c1. The van der Waals surface area contributed by atoms with Crippen molar-refractivity contribution in [3.8, 4) is 0 Å². The Morgan fingerprint density at radius 2 is 2.10 bits per heavy atom. The Morgan fingerprint density at radius 1 is 1.45 bits per heavy atom. The lowest BCUT2D eigenvalue weighted by Gasteiger charge is -2.38. The maximum absolute atomic E-state index is 14.0. The van der Waals surface area contributed by atoms with Crippen molar-refractivity contribution in [1.82, 2.24) is 5.32 Å². The summed E-state index contributed by atoms with van der Waals surface area (Å²) in [7, 11) is 0. The van der Waals surface area contributed by atoms with Gasteiger partial charge in [0, 0.05) is 24.3 Å². The standard InChI is InChI=1S/C14H19FN2O3/c1-13(2,3)20-12(18)17-9-4-5-10(11(15)6-9)14(19)7-16-8-14/h4-6,16,19H,7-8H2,1-3H3,(H,17,18). The van der Waals surface area contributed by atoms with Gasteiger partial charge < -0.3 is 15.2 Å². The molecule has 0 bridgehead atoms. The summed E-state index contributed by atoms with van der Waals surface area (Å²) in [6.07, 6.45) is -0.645. The van der Waals surface area contributed by atoms with E-state index >= 15 is 0 Å². The van der Waals surface area contributed by atoms with Crippen LogP contribution < -0.4 is 10.6 Å². The molecule has 0 saturated carbocycles. The number of amides is 1. The smallest absolute Gasteiger partial charge is 0.412 e. The normalized spacial score (nSPS) is 17.2. The first-order chi connectivity index (χ1) is 9.20. The third kappa shape index (κ3) is 3.26. The fourth-order valence-corrected chi connectivity index (χ4v) is 1.94. The van der Waals surface area contributed by atoms with Crippen LogP contribution in [0.1, 0.15) is 26.3 Å². The second kappa shape index (κ2) is 5.03. The number of carbonyl (C=O) groups is 1. The Kier molecular flexibility index (Phi) is 3.71. The monoisotopic (exact) mass is 282 g/mol. The van der Waals surface area contributed by atoms with Crippen molar-refractivity contribution in [3.63, 3.8) is 0 Å². The van der Waals surface area contributed by atoms with Crippen molar-refractivity contribution in [2.24, 2.45) is 0 Å². The summed E-state index contributed by atoms with van der Waals surface area (Å²) >= 11 is 0. The van der Waals surface area contributed by atoms with Crippen molar-refractivity contribution < 1.29 is 19.0 Å². The number of benzene rings is 1. The first-order valence-electron chi connectivity index (χ1n) is 6.43. The molecule has 5 nitrogen and oxygen atoms in total. The van der Waals surface area contributed by atoms with Crippen molar-refractivity contribution in [1.29, 1.82) is 0 Å². The molecule has 1 heterocycles. The minimum Gasteiger partial charge on any atom is -0.444 e. The van der Waals surface area contributed by atoms with E-state index in [-0.39, 0.29) is 11.3 Å². The van der Waals surface area contributed by atoms with E-state index in [0.29, 0.717) is 13.1 Å². The number of rotatable bonds is 2. The summed E-state index contributed by atoms with van der Waals surface area (Å²) in [4.78, 5) is 11.6. The second-order valence-corrected chi connectivity index (χ2v) is 5.96. The lowest BCUT2D eigenvalue weighted by molar-refractivity contribution is -0.0176. The summed E-state index contributed by atoms with van der Waals surface area (Å²) < 4.78 is 19.1. The van der Waals surface area contributed by atoms with Crippen molar-refractivity contribution in [3.05, 3.63) is 29.6 Å². The molecule has 0 radical (unpaired) electrons. The van der Waals surface area contributed by atoms with E-state index in [9.17, 15) is 14.3 Å². The van der Waals surface area contributed by atoms with Crippen LogP contribution in [0, 0.1) is 5.82 Å². The van der Waals surface area contributed by atoms with Gasteiger partial charge in [-0.25, -0.2) is 9.18 Å². The molecule has 20 heavy (non-hydrogen) atoms. The van der Waals surface area contributed by atoms with E-state index in [1.165, 1.54) is 12.1 Å². The minimum absolute atomic E-state index is 0.228. The van der Waals surface area contributed by atoms with Gasteiger partial charge in [-0.2, -0.15) is 0 Å². The summed E-state index contributed by atoms with van der Waals surface area (Å²) in [5, 5.41) is 15.4. The van der Waals surface area contributed by atoms with Crippen LogP contribution in [-0.4, -0.2) is 29.9 Å². The van der Waals surface area contributed by atoms with Gasteiger partial charge in [-0.15, -0.1) is 0 Å². The third-order valence-corrected chi connectivity index (χ3v) is 2.95. The van der Waals surface area contributed by atoms with Gasteiger partial charge in [-0.1, -0.05) is 6.07 Å². The molecule has 0 aromatic heterocycles. The Bertz CT molecular complexity index is 522. The summed E-state index contributed by atoms with van der Waals surface area (Å²) in [5.41, 5.74) is -1.26. The van der Waals surface area contributed by atoms with E-state index in [1.54, 1.807) is 26.8 Å². The van der Waals surface area contributed by atoms with Crippen LogP contribution in [-0.2, 0) is 10.3 Å². The van der Waals surface area contributed by atoms with Gasteiger partial charge in [0.25, 0.3) is 0 Å². The molecule has 6 heteroatoms. The molecular formula is C14H19FN2O3. The number of nitrogens with one attached hydrogen (secondary N) is 2. The lowest BCUT2D eigenvalue weighted by atomic mass is 9.88. The van der Waals surface area contributed by atoms with Gasteiger partial charge in [-0.3, -0.25) is 5.32 Å². The highest BCUT2D eigenvalue weighted by Crippen LogP contribution is 2.29. The Labute approximate surface area is 117 Å². The second-order valence-electron chi connectivity index (χ2n) is 5.96. The lowest BCUT2D eigenvalue weighted by Crippen LogP contribution is -2.57. The summed E-state index contributed by atoms with van der Waals surface area (Å²) in [6, 6.07) is 4.19. The number of anilines is 1. The number of hydrogen-bond donors (Lipinski definition) is 3. The Balaban J connectivity index is 2.08. The van der Waals surface area contributed by atoms with E-state index in [4.69, 9.17) is 4.74 Å². The molecule has 3 N–H and O–H groups in total. The predicted molar refractivity (Wildman–Crippen MR) is 73.0 cm³/mol. The fourth-order valence-electron chi connectivity index (χ4n) is 1.94. The zero-order valence-electron chi connectivity index (χ0n) is 11.8. The topological polar surface area (TPSA) is 70.6 Å². The molecule has 0 atom stereocenters. The molecule has 0 aliphatic carbocycles. The van der Waals surface area contributed by atoms with Crippen LogP contribution in [0.5, 0.6) is 0 Å². The third-order valence-electron chi connectivity index (χ3n) is 2.95. The molecule has 1 aliphatic heterocycles. The highest BCUT2D eigenvalue weighted by atomic mass is 19.1. The van der Waals surface area contributed by atoms with Crippen LogP contribution in [0.25, 0.3) is 0 Å². The van der Waals surface area contributed by atoms with E-state index in [0.717, 1.165) is 0 Å². The molecule has 0 unspecified atom stereocenters. The number of aliphatic hydroxyl groups is 1. The zero-order valence-corrected chi connectivity index (χ0v) is 11.8. The average molecular weight is 282 g/mol. The van der Waals surface area contributed by atoms with Crippen LogP contribution >= 0.6 is 0 Å². The minimum atomic E-state index is -1.16. The van der Waals surface area contributed by atoms with Gasteiger partial charge in [0.05, 0.1) is 0 Å². The number of hydrogen-bond acceptors (Lipinski definition) is 4. The molecule has 0 spiro atoms. The van der Waals surface area contributed by atoms with Gasteiger partial charge >= 0.3 is 6.09 Å². The molecule has 1 fully saturated rings. The summed E-state index contributed by atoms with van der Waals surface area (Å²) in [5.74, 6) is -0.553. The Morgan fingerprint density at radius 3 is 2.55 bits per heavy atom. The largest absolute Gasteiger partial charge is 0.444 e. The van der Waals surface area contributed by atoms with Gasteiger partial charge in [0.15, 0.2) is 0 Å². The predicted octanol–water partition coefficient (Wildman–Crippen LogP) is 1.96. The van der Waals surface area contributed by atoms with Gasteiger partial charge in [0.1, 0.15) is 17.0 Å². The van der Waals surface area contributed by atoms with Crippen molar-refractivity contribution in [2.75, 3.05) is 18.4 Å². The van der Waals surface area contributed by atoms with E-state index in [2.05, 4.69) is 10.6 Å². The van der Waals surface area contributed by atoms with Crippen molar-refractivity contribution >= 4 is 11.8 Å². The van der Waals surface area contributed by atoms with Crippen LogP contribution in [0.15, 0.2) is 18.2 Å². The molecule has 1 amide bonds. The maximum Gasteiger partial charge on any atom is 0.412 e. The van der Waals surface area contributed by atoms with Crippen LogP contribution in [0.3, 0.4) is 0 Å². The molecule has 1 saturated heterocycles. The highest BCUT2D eigenvalue weighted by molar-refractivity contribution is 5.84. The quantitative estimate of drug-likeness (QED) is 0.775. The van der Waals surface area contributed by atoms with E-state index < -0.39 is 23.1 Å². The van der Waals surface area contributed by atoms with Gasteiger partial charge in [-0.05, 0) is 32.9 Å². The highest BCUT2D eigenvalue weighted by Gasteiger charge is 2.38. The number of ether oxygens (including phenoxy) is 1. The first kappa shape index (κ1) is 14.7. The molecule has 110 valence electrons. The maximum atomic E-state index is 14.0. The average Bonchev–Trinajstić information content (AvgIpc) is 2.23. The van der Waals surface area contributed by atoms with E-state index in [1.807, 2.05) is 0 Å². The van der Waals surface area contributed by atoms with Crippen molar-refractivity contribution in [2.45, 2.75) is 32.0 Å². The summed E-state index contributed by atoms with van der Waals surface area (Å²) in [6.45, 7) is 5.88. The molecule has 1 aromatic carbocycles. The number of β-amino-alcohol motifs (C(OH)–C–C–N with tert-alkyl or cyclic N) is 1. The van der Waals surface area contributed by atoms with Gasteiger partial charge in [0.2, 0.25) is 0 Å². The molecular weight excluding hydrogens is 263 g/mol. The Hall–Kier alpha value is -1.66. The molecule has 1 aromatic rings.